The summed E-state index contributed by atoms with van der Waals surface area (Å²) >= 11 is 0. The number of hydrogen-bond donors (Lipinski definition) is 2. The van der Waals surface area contributed by atoms with Crippen LogP contribution in [0.4, 0.5) is 0 Å². The Morgan fingerprint density at radius 1 is 1.26 bits per heavy atom. The van der Waals surface area contributed by atoms with Gasteiger partial charge in [-0.3, -0.25) is 9.89 Å². The van der Waals surface area contributed by atoms with Crippen molar-refractivity contribution in [2.24, 2.45) is 0 Å². The van der Waals surface area contributed by atoms with Crippen molar-refractivity contribution in [1.82, 2.24) is 20.2 Å². The Hall–Kier alpha value is -2.63. The molecular formula is C17H20N4O2. The van der Waals surface area contributed by atoms with Crippen molar-refractivity contribution in [3.05, 3.63) is 51.7 Å². The Bertz CT molecular complexity index is 866. The molecule has 0 saturated carbocycles. The van der Waals surface area contributed by atoms with Crippen molar-refractivity contribution in [3.63, 3.8) is 0 Å². The van der Waals surface area contributed by atoms with Crippen molar-refractivity contribution in [3.8, 4) is 5.75 Å². The second-order valence-corrected chi connectivity index (χ2v) is 5.50. The summed E-state index contributed by atoms with van der Waals surface area (Å²) in [5.74, 6) is 1.40. The average molecular weight is 312 g/mol. The number of para-hydroxylation sites is 1. The third kappa shape index (κ3) is 3.11. The van der Waals surface area contributed by atoms with Gasteiger partial charge in [0.2, 0.25) is 0 Å². The molecule has 0 radical (unpaired) electrons. The van der Waals surface area contributed by atoms with Crippen LogP contribution in [-0.4, -0.2) is 27.3 Å². The van der Waals surface area contributed by atoms with Crippen LogP contribution in [0.25, 0.3) is 11.0 Å². The smallest absolute Gasteiger partial charge is 0.276 e. The minimum Gasteiger partial charge on any atom is -0.496 e. The molecule has 120 valence electrons. The fourth-order valence-electron chi connectivity index (χ4n) is 2.64. The number of nitrogens with one attached hydrogen (secondary N) is 2. The number of ether oxygens (including phenoxy) is 1. The van der Waals surface area contributed by atoms with Gasteiger partial charge in [0.1, 0.15) is 22.6 Å². The molecule has 0 bridgehead atoms. The Morgan fingerprint density at radius 3 is 2.87 bits per heavy atom. The van der Waals surface area contributed by atoms with E-state index in [4.69, 9.17) is 4.74 Å². The highest BCUT2D eigenvalue weighted by Gasteiger charge is 2.13. The third-order valence-electron chi connectivity index (χ3n) is 3.86. The summed E-state index contributed by atoms with van der Waals surface area (Å²) in [6, 6.07) is 7.73. The summed E-state index contributed by atoms with van der Waals surface area (Å²) in [6.07, 6.45) is 3.43. The molecular weight excluding hydrogens is 292 g/mol. The van der Waals surface area contributed by atoms with Crippen LogP contribution < -0.4 is 10.3 Å². The molecule has 3 rings (SSSR count). The van der Waals surface area contributed by atoms with E-state index in [0.29, 0.717) is 23.3 Å². The number of benzene rings is 1. The molecule has 0 aliphatic carbocycles. The zero-order valence-corrected chi connectivity index (χ0v) is 13.3. The summed E-state index contributed by atoms with van der Waals surface area (Å²) in [5, 5.41) is 7.04. The van der Waals surface area contributed by atoms with E-state index in [-0.39, 0.29) is 5.56 Å². The SMILES string of the molecule is CCCCc1n[nH]c2c(=O)[nH]c(Cc3ccccc3OC)nc12. The number of aromatic nitrogens is 4. The number of fused-ring (bicyclic) bond motifs is 1. The first-order valence-electron chi connectivity index (χ1n) is 7.81. The van der Waals surface area contributed by atoms with Crippen LogP contribution in [0.3, 0.4) is 0 Å². The molecule has 6 heteroatoms. The molecule has 0 atom stereocenters. The molecule has 3 aromatic rings. The van der Waals surface area contributed by atoms with E-state index in [0.717, 1.165) is 36.3 Å². The molecule has 0 aliphatic rings. The molecule has 6 nitrogen and oxygen atoms in total. The topological polar surface area (TPSA) is 83.7 Å². The molecule has 0 spiro atoms. The second kappa shape index (κ2) is 6.64. The first kappa shape index (κ1) is 15.3. The highest BCUT2D eigenvalue weighted by molar-refractivity contribution is 5.75. The van der Waals surface area contributed by atoms with Crippen molar-refractivity contribution in [1.29, 1.82) is 0 Å². The van der Waals surface area contributed by atoms with E-state index in [1.54, 1.807) is 7.11 Å². The molecule has 2 heterocycles. The van der Waals surface area contributed by atoms with Crippen molar-refractivity contribution in [2.45, 2.75) is 32.6 Å². The highest BCUT2D eigenvalue weighted by atomic mass is 16.5. The van der Waals surface area contributed by atoms with Crippen molar-refractivity contribution < 1.29 is 4.74 Å². The maximum atomic E-state index is 12.2. The molecule has 1 aromatic carbocycles. The molecule has 0 amide bonds. The van der Waals surface area contributed by atoms with Crippen LogP contribution in [0.2, 0.25) is 0 Å². The molecule has 0 fully saturated rings. The van der Waals surface area contributed by atoms with Crippen LogP contribution in [-0.2, 0) is 12.8 Å². The van der Waals surface area contributed by atoms with Crippen LogP contribution in [0.1, 0.15) is 36.8 Å². The number of H-pyrrole nitrogens is 2. The van der Waals surface area contributed by atoms with E-state index in [1.807, 2.05) is 24.3 Å². The van der Waals surface area contributed by atoms with Crippen molar-refractivity contribution in [2.75, 3.05) is 7.11 Å². The van der Waals surface area contributed by atoms with Gasteiger partial charge in [0.05, 0.1) is 12.8 Å². The molecule has 0 unspecified atom stereocenters. The lowest BCUT2D eigenvalue weighted by Gasteiger charge is -2.07. The normalized spacial score (nSPS) is 11.0. The van der Waals surface area contributed by atoms with E-state index in [2.05, 4.69) is 27.1 Å². The number of aryl methyl sites for hydroxylation is 1. The van der Waals surface area contributed by atoms with Crippen LogP contribution in [0, 0.1) is 0 Å². The largest absolute Gasteiger partial charge is 0.496 e. The first-order chi connectivity index (χ1) is 11.2. The molecule has 0 aliphatic heterocycles. The van der Waals surface area contributed by atoms with Gasteiger partial charge in [0.25, 0.3) is 5.56 Å². The van der Waals surface area contributed by atoms with E-state index in [9.17, 15) is 4.79 Å². The summed E-state index contributed by atoms with van der Waals surface area (Å²) in [5.41, 5.74) is 2.77. The Balaban J connectivity index is 1.99. The average Bonchev–Trinajstić information content (AvgIpc) is 2.97. The lowest BCUT2D eigenvalue weighted by atomic mass is 10.1. The predicted molar refractivity (Wildman–Crippen MR) is 88.9 cm³/mol. The highest BCUT2D eigenvalue weighted by Crippen LogP contribution is 2.20. The van der Waals surface area contributed by atoms with Crippen molar-refractivity contribution >= 4 is 11.0 Å². The van der Waals surface area contributed by atoms with Crippen LogP contribution in [0.5, 0.6) is 5.75 Å². The summed E-state index contributed by atoms with van der Waals surface area (Å²) < 4.78 is 5.36. The number of unbranched alkanes of at least 4 members (excludes halogenated alkanes) is 1. The van der Waals surface area contributed by atoms with E-state index < -0.39 is 0 Å². The maximum Gasteiger partial charge on any atom is 0.276 e. The molecule has 0 saturated heterocycles. The van der Waals surface area contributed by atoms with Gasteiger partial charge >= 0.3 is 0 Å². The van der Waals surface area contributed by atoms with Gasteiger partial charge in [0.15, 0.2) is 0 Å². The zero-order valence-electron chi connectivity index (χ0n) is 13.3. The standard InChI is InChI=1S/C17H20N4O2/c1-3-4-8-12-15-16(21-20-12)17(22)19-14(18-15)10-11-7-5-6-9-13(11)23-2/h5-7,9H,3-4,8,10H2,1-2H3,(H,20,21)(H,18,19,22). The Labute approximate surface area is 133 Å². The van der Waals surface area contributed by atoms with E-state index in [1.165, 1.54) is 0 Å². The molecule has 2 N–H and O–H groups in total. The zero-order chi connectivity index (χ0) is 16.2. The summed E-state index contributed by atoms with van der Waals surface area (Å²) in [7, 11) is 1.64. The monoisotopic (exact) mass is 312 g/mol. The lowest BCUT2D eigenvalue weighted by molar-refractivity contribution is 0.410. The third-order valence-corrected chi connectivity index (χ3v) is 3.86. The summed E-state index contributed by atoms with van der Waals surface area (Å²) in [4.78, 5) is 19.7. The molecule has 23 heavy (non-hydrogen) atoms. The second-order valence-electron chi connectivity index (χ2n) is 5.50. The Morgan fingerprint density at radius 2 is 2.09 bits per heavy atom. The quantitative estimate of drug-likeness (QED) is 0.733. The first-order valence-corrected chi connectivity index (χ1v) is 7.81. The van der Waals surface area contributed by atoms with Gasteiger partial charge in [-0.05, 0) is 18.9 Å². The number of hydrogen-bond acceptors (Lipinski definition) is 4. The van der Waals surface area contributed by atoms with Gasteiger partial charge in [-0.2, -0.15) is 5.10 Å². The summed E-state index contributed by atoms with van der Waals surface area (Å²) in [6.45, 7) is 2.13. The van der Waals surface area contributed by atoms with Crippen LogP contribution >= 0.6 is 0 Å². The fourth-order valence-corrected chi connectivity index (χ4v) is 2.64. The number of rotatable bonds is 6. The number of aromatic amines is 2. The maximum absolute atomic E-state index is 12.2. The number of nitrogens with zero attached hydrogens (tertiary/aromatic N) is 2. The van der Waals surface area contributed by atoms with Gasteiger partial charge in [0, 0.05) is 12.0 Å². The van der Waals surface area contributed by atoms with Gasteiger partial charge in [-0.25, -0.2) is 4.98 Å². The predicted octanol–water partition coefficient (Wildman–Crippen LogP) is 2.59. The fraction of sp³-hybridized carbons (Fsp3) is 0.353. The van der Waals surface area contributed by atoms with Gasteiger partial charge in [-0.15, -0.1) is 0 Å². The van der Waals surface area contributed by atoms with E-state index >= 15 is 0 Å². The minimum absolute atomic E-state index is 0.185. The van der Waals surface area contributed by atoms with Gasteiger partial charge < -0.3 is 9.72 Å². The lowest BCUT2D eigenvalue weighted by Crippen LogP contribution is -2.12. The van der Waals surface area contributed by atoms with Gasteiger partial charge in [-0.1, -0.05) is 31.5 Å². The number of methoxy groups -OCH3 is 1. The Kier molecular flexibility index (Phi) is 4.41. The minimum atomic E-state index is -0.185. The van der Waals surface area contributed by atoms with Crippen LogP contribution in [0.15, 0.2) is 29.1 Å². The molecule has 2 aromatic heterocycles.